The normalized spacial score (nSPS) is 54.3. The van der Waals surface area contributed by atoms with Crippen molar-refractivity contribution in [2.24, 2.45) is 34.5 Å². The first kappa shape index (κ1) is 20.7. The summed E-state index contributed by atoms with van der Waals surface area (Å²) < 4.78 is 12.4. The molecule has 5 fully saturated rings. The van der Waals surface area contributed by atoms with Crippen LogP contribution in [0.1, 0.15) is 72.6 Å². The Labute approximate surface area is 179 Å². The number of carbonyl (C=O) groups is 2. The van der Waals surface area contributed by atoms with E-state index in [9.17, 15) is 14.7 Å². The minimum absolute atomic E-state index is 0.0951. The van der Waals surface area contributed by atoms with Crippen LogP contribution in [-0.4, -0.2) is 41.3 Å². The van der Waals surface area contributed by atoms with Gasteiger partial charge in [-0.05, 0) is 80.6 Å². The Morgan fingerprint density at radius 1 is 1.13 bits per heavy atom. The van der Waals surface area contributed by atoms with Crippen molar-refractivity contribution in [3.8, 4) is 0 Å². The molecule has 1 heterocycles. The van der Waals surface area contributed by atoms with Gasteiger partial charge in [-0.15, -0.1) is 0 Å². The van der Waals surface area contributed by atoms with Crippen molar-refractivity contribution in [2.75, 3.05) is 0 Å². The van der Waals surface area contributed by atoms with Crippen LogP contribution in [0, 0.1) is 34.5 Å². The molecule has 0 aromatic heterocycles. The van der Waals surface area contributed by atoms with E-state index in [1.54, 1.807) is 0 Å². The third-order valence-corrected chi connectivity index (χ3v) is 10.2. The summed E-state index contributed by atoms with van der Waals surface area (Å²) >= 11 is 0. The molecule has 0 radical (unpaired) electrons. The van der Waals surface area contributed by atoms with Gasteiger partial charge in [-0.3, -0.25) is 9.59 Å². The lowest BCUT2D eigenvalue weighted by atomic mass is 9.44. The first-order valence-electron chi connectivity index (χ1n) is 11.9. The molecule has 30 heavy (non-hydrogen) atoms. The SMILES string of the molecule is C/C=C(\C=O)[C@H]1[C@@H](OC(C)=O)[C@H]2O[C@]23[C@@H]2CC[C@@H]4C[C@@H](O)CC[C@]4(C)[C@H]2CC[C@]13C. The summed E-state index contributed by atoms with van der Waals surface area (Å²) in [4.78, 5) is 23.9. The van der Waals surface area contributed by atoms with Gasteiger partial charge in [0.05, 0.1) is 6.10 Å². The van der Waals surface area contributed by atoms with E-state index in [1.165, 1.54) is 6.92 Å². The molecule has 5 rings (SSSR count). The number of esters is 1. The molecule has 0 amide bonds. The molecule has 1 N–H and O–H groups in total. The Balaban J connectivity index is 1.54. The molecule has 0 aromatic rings. The van der Waals surface area contributed by atoms with Crippen LogP contribution in [0.3, 0.4) is 0 Å². The summed E-state index contributed by atoms with van der Waals surface area (Å²) in [5.41, 5.74) is 0.511. The number of fused-ring (bicyclic) bond motifs is 3. The summed E-state index contributed by atoms with van der Waals surface area (Å²) in [5.74, 6) is 1.20. The molecule has 4 aliphatic carbocycles. The second-order valence-corrected chi connectivity index (χ2v) is 11.2. The summed E-state index contributed by atoms with van der Waals surface area (Å²) in [6.45, 7) is 8.09. The minimum Gasteiger partial charge on any atom is -0.459 e. The van der Waals surface area contributed by atoms with Crippen molar-refractivity contribution in [1.82, 2.24) is 0 Å². The molecule has 1 spiro atoms. The molecule has 5 nitrogen and oxygen atoms in total. The second kappa shape index (κ2) is 6.65. The molecule has 1 saturated heterocycles. The maximum absolute atomic E-state index is 12.0. The standard InChI is InChI=1S/C25H36O5/c1-5-15(13-26)20-21(29-14(2)27)22-25(30-22)19-7-6-16-12-17(28)8-10-23(16,3)18(19)9-11-24(20,25)4/h5,13,16-22,28H,6-12H2,1-4H3/b15-5+/t16-,17+,18+,19-,20+,21-,22-,23+,24-,25-/m1/s1. The van der Waals surface area contributed by atoms with Gasteiger partial charge in [0.1, 0.15) is 24.1 Å². The summed E-state index contributed by atoms with van der Waals surface area (Å²) in [6, 6.07) is 0. The molecule has 0 unspecified atom stereocenters. The summed E-state index contributed by atoms with van der Waals surface area (Å²) in [7, 11) is 0. The predicted molar refractivity (Wildman–Crippen MR) is 111 cm³/mol. The Morgan fingerprint density at radius 3 is 2.57 bits per heavy atom. The van der Waals surface area contributed by atoms with Crippen molar-refractivity contribution in [3.63, 3.8) is 0 Å². The van der Waals surface area contributed by atoms with E-state index in [-0.39, 0.29) is 46.6 Å². The predicted octanol–water partition coefficient (Wildman–Crippen LogP) is 3.82. The molecule has 5 aliphatic rings. The van der Waals surface area contributed by atoms with Crippen LogP contribution in [0.15, 0.2) is 11.6 Å². The highest BCUT2D eigenvalue weighted by Crippen LogP contribution is 2.77. The summed E-state index contributed by atoms with van der Waals surface area (Å²) in [6.07, 6.45) is 9.50. The number of hydrogen-bond acceptors (Lipinski definition) is 5. The van der Waals surface area contributed by atoms with E-state index >= 15 is 0 Å². The van der Waals surface area contributed by atoms with Crippen molar-refractivity contribution in [2.45, 2.75) is 96.6 Å². The molecule has 166 valence electrons. The van der Waals surface area contributed by atoms with Gasteiger partial charge < -0.3 is 14.6 Å². The fourth-order valence-electron chi connectivity index (χ4n) is 8.87. The van der Waals surface area contributed by atoms with Gasteiger partial charge in [0, 0.05) is 18.3 Å². The van der Waals surface area contributed by atoms with Crippen LogP contribution in [-0.2, 0) is 19.1 Å². The molecule has 4 saturated carbocycles. The third kappa shape index (κ3) is 2.42. The number of allylic oxidation sites excluding steroid dienone is 1. The number of aldehydes is 1. The van der Waals surface area contributed by atoms with Crippen molar-refractivity contribution in [1.29, 1.82) is 0 Å². The number of ether oxygens (including phenoxy) is 2. The monoisotopic (exact) mass is 416 g/mol. The molecule has 10 atom stereocenters. The van der Waals surface area contributed by atoms with E-state index < -0.39 is 0 Å². The zero-order chi connectivity index (χ0) is 21.5. The zero-order valence-electron chi connectivity index (χ0n) is 18.7. The van der Waals surface area contributed by atoms with Gasteiger partial charge >= 0.3 is 5.97 Å². The lowest BCUT2D eigenvalue weighted by Crippen LogP contribution is -2.58. The number of rotatable bonds is 3. The Kier molecular flexibility index (Phi) is 4.59. The molecular weight excluding hydrogens is 380 g/mol. The fraction of sp³-hybridized carbons (Fsp3) is 0.840. The van der Waals surface area contributed by atoms with E-state index in [2.05, 4.69) is 13.8 Å². The van der Waals surface area contributed by atoms with Gasteiger partial charge in [0.2, 0.25) is 0 Å². The fourth-order valence-corrected chi connectivity index (χ4v) is 8.87. The van der Waals surface area contributed by atoms with Crippen LogP contribution in [0.4, 0.5) is 0 Å². The Hall–Kier alpha value is -1.20. The molecular formula is C25H36O5. The van der Waals surface area contributed by atoms with E-state index in [0.717, 1.165) is 56.8 Å². The second-order valence-electron chi connectivity index (χ2n) is 11.2. The number of epoxide rings is 1. The number of hydrogen-bond donors (Lipinski definition) is 1. The third-order valence-electron chi connectivity index (χ3n) is 10.2. The topological polar surface area (TPSA) is 76.1 Å². The highest BCUT2D eigenvalue weighted by molar-refractivity contribution is 5.75. The first-order chi connectivity index (χ1) is 14.2. The van der Waals surface area contributed by atoms with E-state index in [1.807, 2.05) is 13.0 Å². The molecule has 0 aromatic carbocycles. The van der Waals surface area contributed by atoms with Crippen molar-refractivity contribution in [3.05, 3.63) is 11.6 Å². The molecule has 0 bridgehead atoms. The van der Waals surface area contributed by atoms with Gasteiger partial charge in [-0.2, -0.15) is 0 Å². The van der Waals surface area contributed by atoms with Gasteiger partial charge in [-0.25, -0.2) is 0 Å². The first-order valence-corrected chi connectivity index (χ1v) is 11.9. The molecule has 5 heteroatoms. The number of carbonyl (C=O) groups excluding carboxylic acids is 2. The number of aliphatic hydroxyl groups is 1. The Bertz CT molecular complexity index is 790. The van der Waals surface area contributed by atoms with Crippen molar-refractivity contribution < 1.29 is 24.2 Å². The highest BCUT2D eigenvalue weighted by Gasteiger charge is 2.84. The van der Waals surface area contributed by atoms with Crippen LogP contribution >= 0.6 is 0 Å². The maximum atomic E-state index is 12.0. The lowest BCUT2D eigenvalue weighted by molar-refractivity contribution is -0.162. The average molecular weight is 417 g/mol. The highest BCUT2D eigenvalue weighted by atomic mass is 16.7. The lowest BCUT2D eigenvalue weighted by Gasteiger charge is -2.61. The largest absolute Gasteiger partial charge is 0.459 e. The van der Waals surface area contributed by atoms with E-state index in [0.29, 0.717) is 17.8 Å². The molecule has 1 aliphatic heterocycles. The van der Waals surface area contributed by atoms with Gasteiger partial charge in [0.15, 0.2) is 0 Å². The number of aliphatic hydroxyl groups excluding tert-OH is 1. The van der Waals surface area contributed by atoms with Crippen LogP contribution in [0.25, 0.3) is 0 Å². The van der Waals surface area contributed by atoms with Crippen LogP contribution in [0.2, 0.25) is 0 Å². The van der Waals surface area contributed by atoms with E-state index in [4.69, 9.17) is 9.47 Å². The van der Waals surface area contributed by atoms with Gasteiger partial charge in [0.25, 0.3) is 0 Å². The van der Waals surface area contributed by atoms with Crippen molar-refractivity contribution >= 4 is 12.3 Å². The smallest absolute Gasteiger partial charge is 0.303 e. The zero-order valence-corrected chi connectivity index (χ0v) is 18.7. The van der Waals surface area contributed by atoms with Gasteiger partial charge in [-0.1, -0.05) is 19.9 Å². The minimum atomic E-state index is -0.374. The summed E-state index contributed by atoms with van der Waals surface area (Å²) in [5, 5.41) is 10.3. The maximum Gasteiger partial charge on any atom is 0.303 e. The quantitative estimate of drug-likeness (QED) is 0.328. The van der Waals surface area contributed by atoms with Crippen LogP contribution in [0.5, 0.6) is 0 Å². The Morgan fingerprint density at radius 2 is 1.90 bits per heavy atom. The van der Waals surface area contributed by atoms with Crippen LogP contribution < -0.4 is 0 Å². The average Bonchev–Trinajstić information content (AvgIpc) is 3.40.